The molecular weight excluding hydrogens is 204 g/mol. The van der Waals surface area contributed by atoms with E-state index in [9.17, 15) is 4.79 Å². The molecule has 4 nitrogen and oxygen atoms in total. The summed E-state index contributed by atoms with van der Waals surface area (Å²) in [5, 5.41) is 0. The van der Waals surface area contributed by atoms with E-state index in [1.165, 1.54) is 0 Å². The van der Waals surface area contributed by atoms with E-state index in [0.717, 1.165) is 6.42 Å². The van der Waals surface area contributed by atoms with Crippen molar-refractivity contribution in [2.24, 2.45) is 5.73 Å². The molecule has 0 saturated carbocycles. The van der Waals surface area contributed by atoms with Crippen LogP contribution in [0.3, 0.4) is 0 Å². The van der Waals surface area contributed by atoms with Crippen LogP contribution in [0.25, 0.3) is 0 Å². The summed E-state index contributed by atoms with van der Waals surface area (Å²) in [7, 11) is 1.74. The normalized spacial score (nSPS) is 14.5. The van der Waals surface area contributed by atoms with Gasteiger partial charge in [0.25, 0.3) is 0 Å². The summed E-state index contributed by atoms with van der Waals surface area (Å²) in [6.45, 7) is 11.4. The number of carbonyl (C=O) groups excluding carboxylic acids is 1. The van der Waals surface area contributed by atoms with Gasteiger partial charge in [0, 0.05) is 18.6 Å². The van der Waals surface area contributed by atoms with Gasteiger partial charge in [-0.2, -0.15) is 0 Å². The molecule has 96 valence electrons. The van der Waals surface area contributed by atoms with Gasteiger partial charge in [-0.05, 0) is 48.0 Å². The molecule has 0 radical (unpaired) electrons. The van der Waals surface area contributed by atoms with E-state index in [4.69, 9.17) is 10.5 Å². The van der Waals surface area contributed by atoms with Crippen LogP contribution in [0.4, 0.5) is 4.79 Å². The number of ether oxygens (including phenoxy) is 1. The van der Waals surface area contributed by atoms with Gasteiger partial charge in [0.1, 0.15) is 5.60 Å². The molecule has 0 aromatic carbocycles. The molecule has 0 aliphatic rings. The molecule has 0 spiro atoms. The molecule has 16 heavy (non-hydrogen) atoms. The van der Waals surface area contributed by atoms with Crippen molar-refractivity contribution < 1.29 is 9.53 Å². The number of rotatable bonds is 3. The van der Waals surface area contributed by atoms with Gasteiger partial charge in [0.05, 0.1) is 0 Å². The Morgan fingerprint density at radius 1 is 1.31 bits per heavy atom. The quantitative estimate of drug-likeness (QED) is 0.809. The van der Waals surface area contributed by atoms with Crippen LogP contribution in [0, 0.1) is 0 Å². The Hall–Kier alpha value is -0.770. The van der Waals surface area contributed by atoms with Crippen molar-refractivity contribution in [3.63, 3.8) is 0 Å². The first kappa shape index (κ1) is 15.2. The number of hydrogen-bond acceptors (Lipinski definition) is 3. The van der Waals surface area contributed by atoms with Gasteiger partial charge in [-0.25, -0.2) is 4.79 Å². The van der Waals surface area contributed by atoms with Gasteiger partial charge in [-0.15, -0.1) is 0 Å². The first-order valence-corrected chi connectivity index (χ1v) is 5.67. The fourth-order valence-electron chi connectivity index (χ4n) is 1.41. The standard InChI is InChI=1S/C12H26N2O2/c1-9(8-12(5,6)13)14(7)10(15)16-11(2,3)4/h9H,8,13H2,1-7H3. The largest absolute Gasteiger partial charge is 0.444 e. The lowest BCUT2D eigenvalue weighted by Crippen LogP contribution is -2.45. The van der Waals surface area contributed by atoms with E-state index in [2.05, 4.69) is 0 Å². The molecule has 0 aromatic rings. The Bertz CT molecular complexity index is 238. The van der Waals surface area contributed by atoms with Gasteiger partial charge in [0.2, 0.25) is 0 Å². The predicted molar refractivity (Wildman–Crippen MR) is 66.3 cm³/mol. The molecule has 1 atom stereocenters. The zero-order chi connectivity index (χ0) is 13.1. The number of amides is 1. The van der Waals surface area contributed by atoms with Crippen molar-refractivity contribution in [1.29, 1.82) is 0 Å². The highest BCUT2D eigenvalue weighted by Crippen LogP contribution is 2.15. The van der Waals surface area contributed by atoms with Crippen LogP contribution in [-0.2, 0) is 4.74 Å². The van der Waals surface area contributed by atoms with Crippen molar-refractivity contribution in [2.75, 3.05) is 7.05 Å². The average Bonchev–Trinajstić information content (AvgIpc) is 1.96. The van der Waals surface area contributed by atoms with Crippen molar-refractivity contribution in [3.05, 3.63) is 0 Å². The highest BCUT2D eigenvalue weighted by molar-refractivity contribution is 5.68. The summed E-state index contributed by atoms with van der Waals surface area (Å²) in [6, 6.07) is 0.0647. The Labute approximate surface area is 99.1 Å². The van der Waals surface area contributed by atoms with Crippen LogP contribution in [0.2, 0.25) is 0 Å². The monoisotopic (exact) mass is 230 g/mol. The Balaban J connectivity index is 4.34. The minimum atomic E-state index is -0.455. The molecule has 0 heterocycles. The van der Waals surface area contributed by atoms with Crippen molar-refractivity contribution in [2.45, 2.75) is 65.1 Å². The van der Waals surface area contributed by atoms with Gasteiger partial charge >= 0.3 is 6.09 Å². The van der Waals surface area contributed by atoms with E-state index >= 15 is 0 Å². The van der Waals surface area contributed by atoms with Gasteiger partial charge in [0.15, 0.2) is 0 Å². The van der Waals surface area contributed by atoms with Gasteiger partial charge < -0.3 is 15.4 Å². The van der Waals surface area contributed by atoms with Crippen molar-refractivity contribution >= 4 is 6.09 Å². The van der Waals surface area contributed by atoms with E-state index < -0.39 is 5.60 Å². The van der Waals surface area contributed by atoms with Crippen LogP contribution >= 0.6 is 0 Å². The highest BCUT2D eigenvalue weighted by atomic mass is 16.6. The van der Waals surface area contributed by atoms with E-state index in [-0.39, 0.29) is 17.7 Å². The molecule has 2 N–H and O–H groups in total. The molecule has 4 heteroatoms. The minimum absolute atomic E-state index is 0.0647. The molecule has 0 saturated heterocycles. The third-order valence-electron chi connectivity index (χ3n) is 2.16. The van der Waals surface area contributed by atoms with E-state index in [1.807, 2.05) is 41.5 Å². The first-order chi connectivity index (χ1) is 6.92. The SMILES string of the molecule is CC(CC(C)(C)N)N(C)C(=O)OC(C)(C)C. The summed E-state index contributed by atoms with van der Waals surface area (Å²) in [5.41, 5.74) is 5.19. The maximum Gasteiger partial charge on any atom is 0.410 e. The van der Waals surface area contributed by atoms with Crippen LogP contribution in [0.15, 0.2) is 0 Å². The fraction of sp³-hybridized carbons (Fsp3) is 0.917. The second-order valence-electron chi connectivity index (χ2n) is 6.13. The maximum absolute atomic E-state index is 11.7. The number of hydrogen-bond donors (Lipinski definition) is 1. The van der Waals surface area contributed by atoms with Crippen LogP contribution < -0.4 is 5.73 Å². The Kier molecular flexibility index (Phi) is 4.80. The Morgan fingerprint density at radius 3 is 2.06 bits per heavy atom. The molecule has 0 aromatic heterocycles. The molecule has 0 aliphatic heterocycles. The van der Waals surface area contributed by atoms with Gasteiger partial charge in [-0.1, -0.05) is 0 Å². The summed E-state index contributed by atoms with van der Waals surface area (Å²) >= 11 is 0. The van der Waals surface area contributed by atoms with Crippen molar-refractivity contribution in [1.82, 2.24) is 4.90 Å². The van der Waals surface area contributed by atoms with Crippen molar-refractivity contribution in [3.8, 4) is 0 Å². The summed E-state index contributed by atoms with van der Waals surface area (Å²) in [4.78, 5) is 13.3. The van der Waals surface area contributed by atoms with Crippen LogP contribution in [-0.4, -0.2) is 35.2 Å². The van der Waals surface area contributed by atoms with Crippen LogP contribution in [0.5, 0.6) is 0 Å². The summed E-state index contributed by atoms with van der Waals surface area (Å²) in [5.74, 6) is 0. The second-order valence-corrected chi connectivity index (χ2v) is 6.13. The average molecular weight is 230 g/mol. The molecule has 0 bridgehead atoms. The zero-order valence-electron chi connectivity index (χ0n) is 11.6. The summed E-state index contributed by atoms with van der Waals surface area (Å²) < 4.78 is 5.28. The number of nitrogens with two attached hydrogens (primary N) is 1. The zero-order valence-corrected chi connectivity index (χ0v) is 11.6. The predicted octanol–water partition coefficient (Wildman–Crippen LogP) is 2.37. The molecule has 0 fully saturated rings. The molecule has 0 rings (SSSR count). The molecule has 1 unspecified atom stereocenters. The topological polar surface area (TPSA) is 55.6 Å². The lowest BCUT2D eigenvalue weighted by Gasteiger charge is -2.32. The van der Waals surface area contributed by atoms with Gasteiger partial charge in [-0.3, -0.25) is 0 Å². The van der Waals surface area contributed by atoms with E-state index in [1.54, 1.807) is 11.9 Å². The lowest BCUT2D eigenvalue weighted by atomic mass is 9.97. The third-order valence-corrected chi connectivity index (χ3v) is 2.16. The van der Waals surface area contributed by atoms with E-state index in [0.29, 0.717) is 0 Å². The smallest absolute Gasteiger partial charge is 0.410 e. The first-order valence-electron chi connectivity index (χ1n) is 5.67. The Morgan fingerprint density at radius 2 is 1.75 bits per heavy atom. The minimum Gasteiger partial charge on any atom is -0.444 e. The second kappa shape index (κ2) is 5.04. The third kappa shape index (κ3) is 6.67. The molecular formula is C12H26N2O2. The maximum atomic E-state index is 11.7. The molecule has 0 aliphatic carbocycles. The number of nitrogens with zero attached hydrogens (tertiary/aromatic N) is 1. The fourth-order valence-corrected chi connectivity index (χ4v) is 1.41. The van der Waals surface area contributed by atoms with Crippen LogP contribution in [0.1, 0.15) is 48.0 Å². The number of carbonyl (C=O) groups is 1. The lowest BCUT2D eigenvalue weighted by molar-refractivity contribution is 0.0217. The highest BCUT2D eigenvalue weighted by Gasteiger charge is 2.25. The molecule has 1 amide bonds. The summed E-state index contributed by atoms with van der Waals surface area (Å²) in [6.07, 6.45) is 0.437.